The molecule has 7 heteroatoms. The molecule has 1 aliphatic heterocycles. The normalized spacial score (nSPS) is 27.5. The van der Waals surface area contributed by atoms with E-state index in [1.54, 1.807) is 11.3 Å². The predicted molar refractivity (Wildman–Crippen MR) is 88.0 cm³/mol. The summed E-state index contributed by atoms with van der Waals surface area (Å²) in [5, 5.41) is 2.99. The van der Waals surface area contributed by atoms with Crippen LogP contribution in [0.1, 0.15) is 22.1 Å². The van der Waals surface area contributed by atoms with Crippen molar-refractivity contribution in [3.63, 3.8) is 0 Å². The van der Waals surface area contributed by atoms with Gasteiger partial charge in [-0.1, -0.05) is 0 Å². The molecule has 1 aromatic heterocycles. The first kappa shape index (κ1) is 16.0. The Kier molecular flexibility index (Phi) is 4.56. The number of nitrogens with zero attached hydrogens (tertiary/aromatic N) is 1. The summed E-state index contributed by atoms with van der Waals surface area (Å²) >= 11 is 1.78. The second kappa shape index (κ2) is 6.29. The van der Waals surface area contributed by atoms with E-state index >= 15 is 0 Å². The molecule has 1 aliphatic carbocycles. The van der Waals surface area contributed by atoms with Crippen LogP contribution in [0.3, 0.4) is 0 Å². The molecule has 122 valence electrons. The van der Waals surface area contributed by atoms with Gasteiger partial charge in [-0.3, -0.25) is 9.69 Å². The zero-order chi connectivity index (χ0) is 15.7. The zero-order valence-corrected chi connectivity index (χ0v) is 14.4. The highest BCUT2D eigenvalue weighted by molar-refractivity contribution is 7.91. The van der Waals surface area contributed by atoms with Gasteiger partial charge in [0.2, 0.25) is 5.91 Å². The maximum atomic E-state index is 12.1. The van der Waals surface area contributed by atoms with Gasteiger partial charge >= 0.3 is 0 Å². The topological polar surface area (TPSA) is 66.5 Å². The summed E-state index contributed by atoms with van der Waals surface area (Å²) < 4.78 is 22.7. The summed E-state index contributed by atoms with van der Waals surface area (Å²) in [5.74, 6) is 1.14. The van der Waals surface area contributed by atoms with E-state index in [9.17, 15) is 13.2 Å². The van der Waals surface area contributed by atoms with Gasteiger partial charge in [-0.2, -0.15) is 0 Å². The molecule has 1 aromatic rings. The van der Waals surface area contributed by atoms with E-state index in [1.165, 1.54) is 9.75 Å². The smallest absolute Gasteiger partial charge is 0.223 e. The van der Waals surface area contributed by atoms with Crippen molar-refractivity contribution in [2.24, 2.45) is 5.92 Å². The van der Waals surface area contributed by atoms with Gasteiger partial charge in [-0.05, 0) is 25.5 Å². The lowest BCUT2D eigenvalue weighted by atomic mass is 10.2. The van der Waals surface area contributed by atoms with Crippen molar-refractivity contribution in [2.45, 2.75) is 19.3 Å². The van der Waals surface area contributed by atoms with E-state index in [2.05, 4.69) is 29.3 Å². The zero-order valence-electron chi connectivity index (χ0n) is 12.7. The van der Waals surface area contributed by atoms with E-state index in [-0.39, 0.29) is 23.3 Å². The molecule has 0 bridgehead atoms. The van der Waals surface area contributed by atoms with Crippen LogP contribution in [0, 0.1) is 12.8 Å². The minimum Gasteiger partial charge on any atom is -0.355 e. The van der Waals surface area contributed by atoms with E-state index in [4.69, 9.17) is 0 Å². The molecule has 1 amide bonds. The second-order valence-electron chi connectivity index (χ2n) is 6.18. The minimum absolute atomic E-state index is 0.125. The molecule has 1 saturated heterocycles. The van der Waals surface area contributed by atoms with E-state index < -0.39 is 9.84 Å². The maximum Gasteiger partial charge on any atom is 0.223 e. The average molecular weight is 342 g/mol. The number of carbonyl (C=O) groups is 1. The fraction of sp³-hybridized carbons (Fsp3) is 0.667. The molecule has 3 rings (SSSR count). The van der Waals surface area contributed by atoms with Gasteiger partial charge in [0.25, 0.3) is 0 Å². The summed E-state index contributed by atoms with van der Waals surface area (Å²) in [5.41, 5.74) is 0. The minimum atomic E-state index is -2.82. The van der Waals surface area contributed by atoms with Gasteiger partial charge in [0.1, 0.15) is 0 Å². The van der Waals surface area contributed by atoms with Crippen LogP contribution < -0.4 is 5.32 Å². The highest BCUT2D eigenvalue weighted by Crippen LogP contribution is 2.49. The Hall–Kier alpha value is -0.920. The number of carbonyl (C=O) groups excluding carboxylic acids is 1. The molecular weight excluding hydrogens is 320 g/mol. The molecule has 1 saturated carbocycles. The molecule has 2 atom stereocenters. The van der Waals surface area contributed by atoms with Crippen LogP contribution >= 0.6 is 11.3 Å². The molecule has 2 heterocycles. The fourth-order valence-electron chi connectivity index (χ4n) is 2.89. The van der Waals surface area contributed by atoms with E-state index in [0.717, 1.165) is 13.0 Å². The number of hydrogen-bond acceptors (Lipinski definition) is 5. The SMILES string of the molecule is Cc1ccc([C@H]2C[C@H]2C(=O)NCCN2CCS(=O)(=O)CC2)s1. The third kappa shape index (κ3) is 3.88. The molecule has 0 unspecified atom stereocenters. The Morgan fingerprint density at radius 2 is 2.09 bits per heavy atom. The summed E-state index contributed by atoms with van der Waals surface area (Å²) in [4.78, 5) is 16.8. The van der Waals surface area contributed by atoms with E-state index in [1.807, 2.05) is 0 Å². The maximum absolute atomic E-state index is 12.1. The number of nitrogens with one attached hydrogen (secondary N) is 1. The lowest BCUT2D eigenvalue weighted by molar-refractivity contribution is -0.122. The van der Waals surface area contributed by atoms with Crippen molar-refractivity contribution >= 4 is 27.1 Å². The summed E-state index contributed by atoms with van der Waals surface area (Å²) in [7, 11) is -2.82. The highest BCUT2D eigenvalue weighted by atomic mass is 32.2. The van der Waals surface area contributed by atoms with Crippen molar-refractivity contribution < 1.29 is 13.2 Å². The van der Waals surface area contributed by atoms with Crippen LogP contribution in [0.2, 0.25) is 0 Å². The molecule has 2 aliphatic rings. The van der Waals surface area contributed by atoms with Gasteiger partial charge < -0.3 is 5.32 Å². The van der Waals surface area contributed by atoms with Crippen LogP contribution in [0.4, 0.5) is 0 Å². The first-order valence-electron chi connectivity index (χ1n) is 7.71. The summed E-state index contributed by atoms with van der Waals surface area (Å²) in [6.07, 6.45) is 0.952. The lowest BCUT2D eigenvalue weighted by Crippen LogP contribution is -2.44. The number of thiophene rings is 1. The standard InChI is InChI=1S/C15H22N2O3S2/c1-11-2-3-14(21-11)12-10-13(12)15(18)16-4-5-17-6-8-22(19,20)9-7-17/h2-3,12-13H,4-10H2,1H3,(H,16,18)/t12-,13+/m0/s1. The van der Waals surface area contributed by atoms with Crippen molar-refractivity contribution in [1.82, 2.24) is 10.2 Å². The highest BCUT2D eigenvalue weighted by Gasteiger charge is 2.44. The third-order valence-electron chi connectivity index (χ3n) is 4.42. The van der Waals surface area contributed by atoms with Crippen LogP contribution in [-0.4, -0.2) is 56.9 Å². The van der Waals surface area contributed by atoms with Crippen molar-refractivity contribution in [2.75, 3.05) is 37.7 Å². The first-order chi connectivity index (χ1) is 10.4. The lowest BCUT2D eigenvalue weighted by Gasteiger charge is -2.26. The van der Waals surface area contributed by atoms with Crippen molar-refractivity contribution in [3.05, 3.63) is 21.9 Å². The monoisotopic (exact) mass is 342 g/mol. The molecule has 0 aromatic carbocycles. The average Bonchev–Trinajstić information content (AvgIpc) is 3.16. The van der Waals surface area contributed by atoms with Crippen LogP contribution in [0.25, 0.3) is 0 Å². The number of rotatable bonds is 5. The van der Waals surface area contributed by atoms with Gasteiger partial charge in [-0.25, -0.2) is 8.42 Å². The number of aryl methyl sites for hydroxylation is 1. The van der Waals surface area contributed by atoms with Gasteiger partial charge in [0.05, 0.1) is 11.5 Å². The van der Waals surface area contributed by atoms with E-state index in [0.29, 0.717) is 25.6 Å². The Bertz CT molecular complexity index is 639. The second-order valence-corrected chi connectivity index (χ2v) is 9.80. The van der Waals surface area contributed by atoms with Crippen LogP contribution in [-0.2, 0) is 14.6 Å². The number of amides is 1. The summed E-state index contributed by atoms with van der Waals surface area (Å²) in [6.45, 7) is 4.59. The third-order valence-corrected chi connectivity index (χ3v) is 7.16. The molecule has 0 spiro atoms. The van der Waals surface area contributed by atoms with Gasteiger partial charge in [0.15, 0.2) is 9.84 Å². The predicted octanol–water partition coefficient (Wildman–Crippen LogP) is 1.01. The molecule has 22 heavy (non-hydrogen) atoms. The Balaban J connectivity index is 1.37. The fourth-order valence-corrected chi connectivity index (χ4v) is 5.23. The van der Waals surface area contributed by atoms with Crippen LogP contribution in [0.15, 0.2) is 12.1 Å². The quantitative estimate of drug-likeness (QED) is 0.867. The Labute approximate surface area is 135 Å². The Morgan fingerprint density at radius 3 is 2.73 bits per heavy atom. The molecule has 5 nitrogen and oxygen atoms in total. The van der Waals surface area contributed by atoms with Gasteiger partial charge in [0, 0.05) is 47.8 Å². The largest absolute Gasteiger partial charge is 0.355 e. The van der Waals surface area contributed by atoms with Gasteiger partial charge in [-0.15, -0.1) is 11.3 Å². The Morgan fingerprint density at radius 1 is 1.36 bits per heavy atom. The first-order valence-corrected chi connectivity index (χ1v) is 10.4. The molecule has 1 N–H and O–H groups in total. The number of sulfone groups is 1. The van der Waals surface area contributed by atoms with Crippen molar-refractivity contribution in [3.8, 4) is 0 Å². The molecule has 0 radical (unpaired) electrons. The molecular formula is C15H22N2O3S2. The van der Waals surface area contributed by atoms with Crippen molar-refractivity contribution in [1.29, 1.82) is 0 Å². The summed E-state index contributed by atoms with van der Waals surface area (Å²) in [6, 6.07) is 4.24. The number of hydrogen-bond donors (Lipinski definition) is 1. The van der Waals surface area contributed by atoms with Crippen LogP contribution in [0.5, 0.6) is 0 Å². The molecule has 2 fully saturated rings.